The normalized spacial score (nSPS) is 14.8. The molecule has 1 aliphatic carbocycles. The van der Waals surface area contributed by atoms with Crippen LogP contribution in [0.4, 0.5) is 0 Å². The van der Waals surface area contributed by atoms with Gasteiger partial charge in [0, 0.05) is 23.7 Å². The van der Waals surface area contributed by atoms with Gasteiger partial charge in [-0.2, -0.15) is 10.2 Å². The third-order valence-electron chi connectivity index (χ3n) is 5.72. The summed E-state index contributed by atoms with van der Waals surface area (Å²) in [5.41, 5.74) is 3.32. The van der Waals surface area contributed by atoms with Crippen molar-refractivity contribution in [3.8, 4) is 34.7 Å². The number of aliphatic hydroxyl groups excluding tert-OH is 1. The monoisotopic (exact) mass is 525 g/mol. The van der Waals surface area contributed by atoms with Gasteiger partial charge in [0.05, 0.1) is 18.3 Å². The number of fused-ring (bicyclic) bond motifs is 1. The van der Waals surface area contributed by atoms with Gasteiger partial charge in [0.25, 0.3) is 5.89 Å². The maximum atomic E-state index is 12.5. The van der Waals surface area contributed by atoms with E-state index in [1.807, 2.05) is 26.0 Å². The highest BCUT2D eigenvalue weighted by molar-refractivity contribution is 7.90. The molecule has 3 aromatic rings. The molecule has 1 aliphatic rings. The molecular weight excluding hydrogens is 498 g/mol. The van der Waals surface area contributed by atoms with E-state index in [4.69, 9.17) is 14.4 Å². The fourth-order valence-corrected chi connectivity index (χ4v) is 5.43. The Labute approximate surface area is 214 Å². The maximum Gasteiger partial charge on any atom is 0.258 e. The number of hydrogen-bond donors (Lipinski definition) is 3. The Hall–Kier alpha value is -3.79. The second-order valence-corrected chi connectivity index (χ2v) is 10.6. The molecule has 0 bridgehead atoms. The van der Waals surface area contributed by atoms with Crippen molar-refractivity contribution in [1.82, 2.24) is 20.2 Å². The molecular formula is C25H27N5O6S. The van der Waals surface area contributed by atoms with E-state index in [0.29, 0.717) is 35.5 Å². The lowest BCUT2D eigenvalue weighted by Gasteiger charge is -2.15. The molecule has 4 rings (SSSR count). The largest absolute Gasteiger partial charge is 0.490 e. The van der Waals surface area contributed by atoms with Crippen LogP contribution in [0.2, 0.25) is 0 Å². The fraction of sp³-hybridized carbons (Fsp3) is 0.360. The quantitative estimate of drug-likeness (QED) is 0.359. The first-order chi connectivity index (χ1) is 17.7. The maximum absolute atomic E-state index is 12.5. The molecule has 1 amide bonds. The zero-order valence-corrected chi connectivity index (χ0v) is 21.2. The molecule has 37 heavy (non-hydrogen) atoms. The molecule has 0 radical (unpaired) electrons. The highest BCUT2D eigenvalue weighted by Crippen LogP contribution is 2.38. The van der Waals surface area contributed by atoms with Crippen LogP contribution in [0.25, 0.3) is 22.8 Å². The topological polar surface area (TPSA) is 167 Å². The lowest BCUT2D eigenvalue weighted by molar-refractivity contribution is -0.118. The van der Waals surface area contributed by atoms with E-state index in [9.17, 15) is 18.5 Å². The Morgan fingerprint density at radius 3 is 2.86 bits per heavy atom. The lowest BCUT2D eigenvalue weighted by Crippen LogP contribution is -2.38. The van der Waals surface area contributed by atoms with Gasteiger partial charge in [0.2, 0.25) is 21.8 Å². The average Bonchev–Trinajstić information content (AvgIpc) is 3.50. The molecule has 2 aromatic carbocycles. The Morgan fingerprint density at radius 1 is 1.32 bits per heavy atom. The summed E-state index contributed by atoms with van der Waals surface area (Å²) >= 11 is 0. The van der Waals surface area contributed by atoms with Gasteiger partial charge >= 0.3 is 0 Å². The number of aliphatic hydroxyl groups is 1. The number of amides is 1. The van der Waals surface area contributed by atoms with Crippen LogP contribution < -0.4 is 14.8 Å². The number of aromatic nitrogens is 2. The van der Waals surface area contributed by atoms with Crippen molar-refractivity contribution in [2.24, 2.45) is 0 Å². The van der Waals surface area contributed by atoms with Crippen LogP contribution in [0.1, 0.15) is 43.0 Å². The standard InChI is InChI=1S/C25H27N5O6S/c1-15(2)35-22-9-6-16(12-17(22)13-26)25-28-24(29-36-25)20-5-3-4-19-18(20)7-8-21(19)30-37(33,34)14-23(32)27-10-11-31/h3-6,9,12,15,21,30-31H,7-8,10-11,14H2,1-2H3,(H,27,32)/t21-/m1/s1. The summed E-state index contributed by atoms with van der Waals surface area (Å²) in [6.07, 6.45) is 1.01. The van der Waals surface area contributed by atoms with Crippen molar-refractivity contribution in [3.05, 3.63) is 53.1 Å². The highest BCUT2D eigenvalue weighted by atomic mass is 32.2. The number of sulfonamides is 1. The number of nitriles is 1. The number of carbonyl (C=O) groups excluding carboxylic acids is 1. The van der Waals surface area contributed by atoms with Crippen LogP contribution in [0.3, 0.4) is 0 Å². The van der Waals surface area contributed by atoms with Crippen molar-refractivity contribution in [2.45, 2.75) is 38.8 Å². The molecule has 11 nitrogen and oxygen atoms in total. The fourth-order valence-electron chi connectivity index (χ4n) is 4.22. The molecule has 0 aliphatic heterocycles. The van der Waals surface area contributed by atoms with E-state index in [0.717, 1.165) is 16.7 Å². The number of carbonyl (C=O) groups is 1. The van der Waals surface area contributed by atoms with Gasteiger partial charge in [-0.25, -0.2) is 13.1 Å². The van der Waals surface area contributed by atoms with Crippen molar-refractivity contribution in [1.29, 1.82) is 5.26 Å². The number of nitrogens with zero attached hydrogens (tertiary/aromatic N) is 3. The van der Waals surface area contributed by atoms with E-state index in [-0.39, 0.29) is 25.1 Å². The molecule has 0 unspecified atom stereocenters. The Balaban J connectivity index is 1.55. The summed E-state index contributed by atoms with van der Waals surface area (Å²) in [5, 5.41) is 24.8. The third kappa shape index (κ3) is 6.14. The Kier molecular flexibility index (Phi) is 7.87. The van der Waals surface area contributed by atoms with E-state index in [1.54, 1.807) is 24.3 Å². The molecule has 1 aromatic heterocycles. The van der Waals surface area contributed by atoms with E-state index in [2.05, 4.69) is 26.2 Å². The minimum absolute atomic E-state index is 0.00957. The summed E-state index contributed by atoms with van der Waals surface area (Å²) in [7, 11) is -3.89. The predicted molar refractivity (Wildman–Crippen MR) is 134 cm³/mol. The number of ether oxygens (including phenoxy) is 1. The van der Waals surface area contributed by atoms with Gasteiger partial charge in [-0.1, -0.05) is 23.4 Å². The summed E-state index contributed by atoms with van der Waals surface area (Å²) in [4.78, 5) is 16.3. The molecule has 1 atom stereocenters. The molecule has 194 valence electrons. The van der Waals surface area contributed by atoms with E-state index < -0.39 is 27.7 Å². The molecule has 0 saturated carbocycles. The zero-order valence-electron chi connectivity index (χ0n) is 20.4. The van der Waals surface area contributed by atoms with Crippen LogP contribution in [0, 0.1) is 11.3 Å². The first-order valence-corrected chi connectivity index (χ1v) is 13.4. The van der Waals surface area contributed by atoms with Gasteiger partial charge in [-0.15, -0.1) is 0 Å². The number of benzene rings is 2. The molecule has 0 fully saturated rings. The summed E-state index contributed by atoms with van der Waals surface area (Å²) in [6.45, 7) is 3.48. The Bertz CT molecular complexity index is 1440. The zero-order chi connectivity index (χ0) is 26.6. The van der Waals surface area contributed by atoms with Crippen molar-refractivity contribution >= 4 is 15.9 Å². The van der Waals surface area contributed by atoms with Gasteiger partial charge in [-0.05, 0) is 56.0 Å². The van der Waals surface area contributed by atoms with Gasteiger partial charge in [-0.3, -0.25) is 4.79 Å². The van der Waals surface area contributed by atoms with Crippen LogP contribution in [-0.2, 0) is 21.2 Å². The van der Waals surface area contributed by atoms with Crippen LogP contribution in [-0.4, -0.2) is 54.6 Å². The highest BCUT2D eigenvalue weighted by Gasteiger charge is 2.30. The third-order valence-corrected chi connectivity index (χ3v) is 7.01. The molecule has 1 heterocycles. The SMILES string of the molecule is CC(C)Oc1ccc(-c2nc(-c3cccc4c3CC[C@H]4NS(=O)(=O)CC(=O)NCCO)no2)cc1C#N. The number of nitrogens with one attached hydrogen (secondary N) is 2. The second-order valence-electron chi connectivity index (χ2n) is 8.83. The summed E-state index contributed by atoms with van der Waals surface area (Å²) in [5.74, 6) is -0.347. The number of hydrogen-bond acceptors (Lipinski definition) is 9. The minimum atomic E-state index is -3.89. The molecule has 0 saturated heterocycles. The van der Waals surface area contributed by atoms with Crippen LogP contribution in [0.15, 0.2) is 40.9 Å². The lowest BCUT2D eigenvalue weighted by atomic mass is 10.0. The Morgan fingerprint density at radius 2 is 2.14 bits per heavy atom. The van der Waals surface area contributed by atoms with Gasteiger partial charge in [0.1, 0.15) is 17.6 Å². The van der Waals surface area contributed by atoms with Crippen molar-refractivity contribution < 1.29 is 27.6 Å². The van der Waals surface area contributed by atoms with E-state index in [1.165, 1.54) is 0 Å². The first kappa shape index (κ1) is 26.3. The van der Waals surface area contributed by atoms with Crippen molar-refractivity contribution in [3.63, 3.8) is 0 Å². The molecule has 12 heteroatoms. The smallest absolute Gasteiger partial charge is 0.258 e. The predicted octanol–water partition coefficient (Wildman–Crippen LogP) is 2.08. The van der Waals surface area contributed by atoms with Gasteiger partial charge in [0.15, 0.2) is 0 Å². The molecule has 3 N–H and O–H groups in total. The van der Waals surface area contributed by atoms with Crippen LogP contribution >= 0.6 is 0 Å². The van der Waals surface area contributed by atoms with Crippen LogP contribution in [0.5, 0.6) is 5.75 Å². The minimum Gasteiger partial charge on any atom is -0.490 e. The average molecular weight is 526 g/mol. The second kappa shape index (κ2) is 11.1. The van der Waals surface area contributed by atoms with E-state index >= 15 is 0 Å². The number of rotatable bonds is 10. The summed E-state index contributed by atoms with van der Waals surface area (Å²) in [6, 6.07) is 12.2. The first-order valence-electron chi connectivity index (χ1n) is 11.8. The van der Waals surface area contributed by atoms with Crippen molar-refractivity contribution in [2.75, 3.05) is 18.9 Å². The molecule has 0 spiro atoms. The van der Waals surface area contributed by atoms with Gasteiger partial charge < -0.3 is 19.7 Å². The summed E-state index contributed by atoms with van der Waals surface area (Å²) < 4.78 is 38.8.